The second kappa shape index (κ2) is 5.87. The number of hydrogen-bond acceptors (Lipinski definition) is 6. The number of hydrogen-bond donors (Lipinski definition) is 1. The van der Waals surface area contributed by atoms with E-state index in [-0.39, 0.29) is 6.04 Å². The van der Waals surface area contributed by atoms with Crippen LogP contribution >= 0.6 is 11.3 Å². The minimum Gasteiger partial charge on any atom is -0.370 e. The third-order valence-electron chi connectivity index (χ3n) is 4.44. The Hall–Kier alpha value is -1.24. The van der Waals surface area contributed by atoms with Crippen LogP contribution in [0.15, 0.2) is 22.0 Å². The van der Waals surface area contributed by atoms with Crippen molar-refractivity contribution >= 4 is 11.3 Å². The molecule has 2 aromatic rings. The van der Waals surface area contributed by atoms with Crippen LogP contribution in [0, 0.1) is 5.92 Å². The van der Waals surface area contributed by atoms with E-state index in [1.54, 1.807) is 18.4 Å². The van der Waals surface area contributed by atoms with Crippen LogP contribution in [0.2, 0.25) is 0 Å². The molecule has 0 aliphatic heterocycles. The van der Waals surface area contributed by atoms with Crippen LogP contribution in [-0.4, -0.2) is 17.3 Å². The maximum absolute atomic E-state index is 6.18. The number of rotatable bonds is 4. The molecule has 2 N–H and O–H groups in total. The number of methoxy groups -OCH3 is 1. The Morgan fingerprint density at radius 3 is 2.86 bits per heavy atom. The van der Waals surface area contributed by atoms with Gasteiger partial charge in [0, 0.05) is 12.0 Å². The highest BCUT2D eigenvalue weighted by molar-refractivity contribution is 7.10. The van der Waals surface area contributed by atoms with Crippen LogP contribution in [0.4, 0.5) is 0 Å². The van der Waals surface area contributed by atoms with Gasteiger partial charge < -0.3 is 15.0 Å². The van der Waals surface area contributed by atoms with Crippen LogP contribution in [0.5, 0.6) is 0 Å². The molecule has 6 heteroatoms. The van der Waals surface area contributed by atoms with Crippen molar-refractivity contribution < 1.29 is 9.26 Å². The number of thiophene rings is 1. The molecule has 1 fully saturated rings. The minimum atomic E-state index is -0.413. The summed E-state index contributed by atoms with van der Waals surface area (Å²) in [7, 11) is 1.73. The molecule has 1 unspecified atom stereocenters. The summed E-state index contributed by atoms with van der Waals surface area (Å²) in [6.07, 6.45) is 4.10. The van der Waals surface area contributed by atoms with E-state index in [2.05, 4.69) is 17.1 Å². The summed E-state index contributed by atoms with van der Waals surface area (Å²) in [6, 6.07) is 3.59. The summed E-state index contributed by atoms with van der Waals surface area (Å²) >= 11 is 1.59. The van der Waals surface area contributed by atoms with E-state index in [4.69, 9.17) is 15.0 Å². The van der Waals surface area contributed by atoms with Gasteiger partial charge in [0.15, 0.2) is 0 Å². The van der Waals surface area contributed by atoms with Crippen molar-refractivity contribution in [2.24, 2.45) is 11.7 Å². The molecule has 21 heavy (non-hydrogen) atoms. The van der Waals surface area contributed by atoms with Crippen molar-refractivity contribution in [3.8, 4) is 0 Å². The zero-order valence-corrected chi connectivity index (χ0v) is 13.2. The van der Waals surface area contributed by atoms with Gasteiger partial charge in [-0.25, -0.2) is 0 Å². The van der Waals surface area contributed by atoms with Crippen LogP contribution in [0.3, 0.4) is 0 Å². The van der Waals surface area contributed by atoms with Crippen molar-refractivity contribution in [2.45, 2.75) is 44.2 Å². The first-order valence-electron chi connectivity index (χ1n) is 7.33. The molecule has 1 saturated carbocycles. The topological polar surface area (TPSA) is 74.2 Å². The van der Waals surface area contributed by atoms with Gasteiger partial charge in [-0.3, -0.25) is 0 Å². The molecule has 1 aliphatic carbocycles. The summed E-state index contributed by atoms with van der Waals surface area (Å²) in [5, 5.41) is 6.14. The van der Waals surface area contributed by atoms with Gasteiger partial charge in [0.05, 0.1) is 0 Å². The fourth-order valence-corrected chi connectivity index (χ4v) is 3.60. The van der Waals surface area contributed by atoms with Gasteiger partial charge in [-0.1, -0.05) is 18.1 Å². The fraction of sp³-hybridized carbons (Fsp3) is 0.600. The first-order valence-corrected chi connectivity index (χ1v) is 8.21. The van der Waals surface area contributed by atoms with E-state index in [0.717, 1.165) is 36.5 Å². The van der Waals surface area contributed by atoms with Crippen LogP contribution < -0.4 is 5.73 Å². The quantitative estimate of drug-likeness (QED) is 0.938. The largest absolute Gasteiger partial charge is 0.370 e. The van der Waals surface area contributed by atoms with Crippen molar-refractivity contribution in [1.29, 1.82) is 0 Å². The van der Waals surface area contributed by atoms with Gasteiger partial charge in [-0.05, 0) is 43.0 Å². The lowest BCUT2D eigenvalue weighted by molar-refractivity contribution is -0.0609. The maximum atomic E-state index is 6.18. The highest BCUT2D eigenvalue weighted by Crippen LogP contribution is 2.41. The molecule has 5 nitrogen and oxygen atoms in total. The van der Waals surface area contributed by atoms with Gasteiger partial charge >= 0.3 is 0 Å². The van der Waals surface area contributed by atoms with Crippen molar-refractivity contribution in [3.63, 3.8) is 0 Å². The van der Waals surface area contributed by atoms with E-state index >= 15 is 0 Å². The maximum Gasteiger partial charge on any atom is 0.249 e. The van der Waals surface area contributed by atoms with Gasteiger partial charge in [-0.15, -0.1) is 11.3 Å². The van der Waals surface area contributed by atoms with Gasteiger partial charge in [-0.2, -0.15) is 4.98 Å². The van der Waals surface area contributed by atoms with Crippen molar-refractivity contribution in [2.75, 3.05) is 7.11 Å². The monoisotopic (exact) mass is 307 g/mol. The Morgan fingerprint density at radius 1 is 1.48 bits per heavy atom. The van der Waals surface area contributed by atoms with E-state index in [1.165, 1.54) is 0 Å². The lowest BCUT2D eigenvalue weighted by Crippen LogP contribution is -2.34. The smallest absolute Gasteiger partial charge is 0.249 e. The van der Waals surface area contributed by atoms with E-state index in [0.29, 0.717) is 11.7 Å². The molecule has 2 heterocycles. The van der Waals surface area contributed by atoms with Gasteiger partial charge in [0.25, 0.3) is 0 Å². The molecule has 0 bridgehead atoms. The summed E-state index contributed by atoms with van der Waals surface area (Å²) in [5.41, 5.74) is 5.77. The summed E-state index contributed by atoms with van der Waals surface area (Å²) in [6.45, 7) is 2.27. The Kier molecular flexibility index (Phi) is 4.10. The highest BCUT2D eigenvalue weighted by Gasteiger charge is 2.40. The Morgan fingerprint density at radius 2 is 2.24 bits per heavy atom. The Balaban J connectivity index is 1.83. The zero-order valence-electron chi connectivity index (χ0n) is 12.4. The third-order valence-corrected chi connectivity index (χ3v) is 5.39. The van der Waals surface area contributed by atoms with Crippen LogP contribution in [0.25, 0.3) is 0 Å². The van der Waals surface area contributed by atoms with Crippen molar-refractivity contribution in [1.82, 2.24) is 10.1 Å². The normalized spacial score (nSPS) is 27.7. The summed E-state index contributed by atoms with van der Waals surface area (Å²) in [5.74, 6) is 1.83. The van der Waals surface area contributed by atoms with E-state index in [1.807, 2.05) is 17.5 Å². The molecule has 3 rings (SSSR count). The van der Waals surface area contributed by atoms with Gasteiger partial charge in [0.2, 0.25) is 11.7 Å². The SMILES string of the molecule is COC1(c2noc(C(N)c3cccs3)n2)CCC(C)CC1. The number of aromatic nitrogens is 2. The number of nitrogens with two attached hydrogens (primary N) is 1. The average Bonchev–Trinajstić information content (AvgIpc) is 3.20. The second-order valence-electron chi connectivity index (χ2n) is 5.83. The molecular weight excluding hydrogens is 286 g/mol. The predicted octanol–water partition coefficient (Wildman–Crippen LogP) is 3.23. The first-order chi connectivity index (χ1) is 10.1. The molecule has 0 saturated heterocycles. The number of nitrogens with zero attached hydrogens (tertiary/aromatic N) is 2. The molecular formula is C15H21N3O2S. The predicted molar refractivity (Wildman–Crippen MR) is 81.0 cm³/mol. The third kappa shape index (κ3) is 2.75. The first kappa shape index (κ1) is 14.7. The molecule has 1 atom stereocenters. The molecule has 1 aliphatic rings. The van der Waals surface area contributed by atoms with Crippen LogP contribution in [-0.2, 0) is 10.3 Å². The van der Waals surface area contributed by atoms with Crippen molar-refractivity contribution in [3.05, 3.63) is 34.1 Å². The summed E-state index contributed by atoms with van der Waals surface area (Å²) < 4.78 is 11.2. The number of ether oxygens (including phenoxy) is 1. The molecule has 2 aromatic heterocycles. The second-order valence-corrected chi connectivity index (χ2v) is 6.81. The van der Waals surface area contributed by atoms with Gasteiger partial charge in [0.1, 0.15) is 11.6 Å². The van der Waals surface area contributed by atoms with Crippen LogP contribution in [0.1, 0.15) is 55.2 Å². The Labute approximate surface area is 128 Å². The molecule has 114 valence electrons. The zero-order chi connectivity index (χ0) is 14.9. The molecule has 0 amide bonds. The summed E-state index contributed by atoms with van der Waals surface area (Å²) in [4.78, 5) is 5.56. The highest BCUT2D eigenvalue weighted by atomic mass is 32.1. The standard InChI is InChI=1S/C15H21N3O2S/c1-10-5-7-15(19-2,8-6-10)14-17-13(20-18-14)12(16)11-4-3-9-21-11/h3-4,9-10,12H,5-8,16H2,1-2H3. The Bertz CT molecular complexity index is 574. The lowest BCUT2D eigenvalue weighted by Gasteiger charge is -2.35. The fourth-order valence-electron chi connectivity index (χ4n) is 2.88. The molecule has 0 radical (unpaired) electrons. The lowest BCUT2D eigenvalue weighted by atomic mass is 9.79. The van der Waals surface area contributed by atoms with E-state index in [9.17, 15) is 0 Å². The minimum absolute atomic E-state index is 0.359. The molecule has 0 aromatic carbocycles. The average molecular weight is 307 g/mol. The van der Waals surface area contributed by atoms with E-state index < -0.39 is 5.60 Å². The molecule has 0 spiro atoms.